The van der Waals surface area contributed by atoms with Crippen molar-refractivity contribution >= 4 is 50.5 Å². The topological polar surface area (TPSA) is 68.0 Å². The zero-order valence-electron chi connectivity index (χ0n) is 11.3. The van der Waals surface area contributed by atoms with Crippen LogP contribution in [0.25, 0.3) is 10.1 Å². The fraction of sp³-hybridized carbons (Fsp3) is 0.0667. The van der Waals surface area contributed by atoms with Crippen molar-refractivity contribution in [2.45, 2.75) is 4.90 Å². The molecule has 3 aromatic rings. The summed E-state index contributed by atoms with van der Waals surface area (Å²) in [5.41, 5.74) is 7.34. The van der Waals surface area contributed by atoms with Crippen LogP contribution in [0.4, 0.5) is 11.4 Å². The Morgan fingerprint density at radius 1 is 1.38 bits per heavy atom. The first-order valence-electron chi connectivity index (χ1n) is 6.26. The minimum atomic E-state index is -0.188. The Labute approximate surface area is 130 Å². The molecule has 0 bridgehead atoms. The summed E-state index contributed by atoms with van der Waals surface area (Å²) in [7, 11) is 0. The smallest absolute Gasteiger partial charge is 0.267 e. The third-order valence-electron chi connectivity index (χ3n) is 3.07. The van der Waals surface area contributed by atoms with E-state index in [0.29, 0.717) is 10.6 Å². The molecule has 21 heavy (non-hydrogen) atoms. The highest BCUT2D eigenvalue weighted by Crippen LogP contribution is 2.33. The lowest BCUT2D eigenvalue weighted by molar-refractivity contribution is 0.103. The number of thiophene rings is 1. The lowest BCUT2D eigenvalue weighted by Crippen LogP contribution is -2.11. The summed E-state index contributed by atoms with van der Waals surface area (Å²) in [4.78, 5) is 18.1. The van der Waals surface area contributed by atoms with Gasteiger partial charge in [0.2, 0.25) is 0 Å². The molecule has 0 atom stereocenters. The molecule has 0 spiro atoms. The average Bonchev–Trinajstić information content (AvgIpc) is 2.85. The van der Waals surface area contributed by atoms with E-state index in [9.17, 15) is 4.79 Å². The SMILES string of the molecule is CSc1cccc(NC(=O)c2sc3cnccc3c2N)c1. The Morgan fingerprint density at radius 3 is 3.00 bits per heavy atom. The molecule has 2 aromatic heterocycles. The van der Waals surface area contributed by atoms with Crippen molar-refractivity contribution in [3.8, 4) is 0 Å². The number of hydrogen-bond donors (Lipinski definition) is 2. The zero-order chi connectivity index (χ0) is 14.8. The van der Waals surface area contributed by atoms with Crippen LogP contribution in [0.15, 0.2) is 47.6 Å². The van der Waals surface area contributed by atoms with Gasteiger partial charge < -0.3 is 11.1 Å². The molecule has 6 heteroatoms. The number of nitrogens with one attached hydrogen (secondary N) is 1. The highest BCUT2D eigenvalue weighted by molar-refractivity contribution is 7.98. The van der Waals surface area contributed by atoms with E-state index in [1.54, 1.807) is 24.2 Å². The van der Waals surface area contributed by atoms with Crippen molar-refractivity contribution in [3.05, 3.63) is 47.6 Å². The number of nitrogens with zero attached hydrogens (tertiary/aromatic N) is 1. The molecule has 0 fully saturated rings. The normalized spacial score (nSPS) is 10.7. The van der Waals surface area contributed by atoms with Crippen LogP contribution in [0.3, 0.4) is 0 Å². The fourth-order valence-corrected chi connectivity index (χ4v) is 3.47. The molecule has 3 rings (SSSR count). The van der Waals surface area contributed by atoms with Gasteiger partial charge in [-0.3, -0.25) is 9.78 Å². The van der Waals surface area contributed by atoms with Gasteiger partial charge in [-0.25, -0.2) is 0 Å². The summed E-state index contributed by atoms with van der Waals surface area (Å²) in [5, 5.41) is 3.77. The van der Waals surface area contributed by atoms with Crippen molar-refractivity contribution in [1.29, 1.82) is 0 Å². The summed E-state index contributed by atoms with van der Waals surface area (Å²) in [5.74, 6) is -0.188. The van der Waals surface area contributed by atoms with E-state index in [1.165, 1.54) is 11.3 Å². The number of amides is 1. The largest absolute Gasteiger partial charge is 0.397 e. The molecule has 0 radical (unpaired) electrons. The molecule has 0 aliphatic carbocycles. The van der Waals surface area contributed by atoms with Gasteiger partial charge in [-0.05, 0) is 30.5 Å². The van der Waals surface area contributed by atoms with Crippen LogP contribution in [-0.2, 0) is 0 Å². The van der Waals surface area contributed by atoms with E-state index in [-0.39, 0.29) is 5.91 Å². The van der Waals surface area contributed by atoms with E-state index in [1.807, 2.05) is 36.6 Å². The summed E-state index contributed by atoms with van der Waals surface area (Å²) in [6.45, 7) is 0. The summed E-state index contributed by atoms with van der Waals surface area (Å²) in [6, 6.07) is 9.54. The average molecular weight is 315 g/mol. The number of aromatic nitrogens is 1. The predicted molar refractivity (Wildman–Crippen MR) is 90.2 cm³/mol. The molecule has 1 amide bonds. The standard InChI is InChI=1S/C15H13N3OS2/c1-20-10-4-2-3-9(7-10)18-15(19)14-13(16)11-5-6-17-8-12(11)21-14/h2-8H,16H2,1H3,(H,18,19). The number of thioether (sulfide) groups is 1. The Morgan fingerprint density at radius 2 is 2.24 bits per heavy atom. The summed E-state index contributed by atoms with van der Waals surface area (Å²) in [6.07, 6.45) is 5.40. The maximum absolute atomic E-state index is 12.4. The number of pyridine rings is 1. The Hall–Kier alpha value is -2.05. The lowest BCUT2D eigenvalue weighted by Gasteiger charge is -2.05. The van der Waals surface area contributed by atoms with Crippen molar-refractivity contribution in [2.75, 3.05) is 17.3 Å². The second-order valence-corrected chi connectivity index (χ2v) is 6.33. The van der Waals surface area contributed by atoms with Crippen LogP contribution in [-0.4, -0.2) is 17.1 Å². The Balaban J connectivity index is 1.91. The molecule has 106 valence electrons. The minimum absolute atomic E-state index is 0.188. The van der Waals surface area contributed by atoms with Gasteiger partial charge in [0.1, 0.15) is 4.88 Å². The number of carbonyl (C=O) groups excluding carboxylic acids is 1. The summed E-state index contributed by atoms with van der Waals surface area (Å²) >= 11 is 2.99. The first-order chi connectivity index (χ1) is 10.2. The molecule has 2 heterocycles. The molecule has 0 unspecified atom stereocenters. The number of fused-ring (bicyclic) bond motifs is 1. The van der Waals surface area contributed by atoms with Gasteiger partial charge in [0.15, 0.2) is 0 Å². The van der Waals surface area contributed by atoms with Gasteiger partial charge in [0.05, 0.1) is 10.4 Å². The minimum Gasteiger partial charge on any atom is -0.397 e. The van der Waals surface area contributed by atoms with Crippen LogP contribution in [0.5, 0.6) is 0 Å². The molecule has 0 saturated carbocycles. The molecule has 0 aliphatic heterocycles. The van der Waals surface area contributed by atoms with E-state index >= 15 is 0 Å². The van der Waals surface area contributed by atoms with Gasteiger partial charge in [0.25, 0.3) is 5.91 Å². The zero-order valence-corrected chi connectivity index (χ0v) is 12.9. The van der Waals surface area contributed by atoms with E-state index in [4.69, 9.17) is 5.73 Å². The molecule has 0 aliphatic rings. The molecule has 0 saturated heterocycles. The fourth-order valence-electron chi connectivity index (χ4n) is 2.03. The van der Waals surface area contributed by atoms with Crippen molar-refractivity contribution in [1.82, 2.24) is 4.98 Å². The second-order valence-electron chi connectivity index (χ2n) is 4.40. The Bertz CT molecular complexity index is 814. The monoisotopic (exact) mass is 315 g/mol. The lowest BCUT2D eigenvalue weighted by atomic mass is 10.2. The quantitative estimate of drug-likeness (QED) is 0.720. The van der Waals surface area contributed by atoms with E-state index in [2.05, 4.69) is 10.3 Å². The number of hydrogen-bond acceptors (Lipinski definition) is 5. The first-order valence-corrected chi connectivity index (χ1v) is 8.30. The highest BCUT2D eigenvalue weighted by atomic mass is 32.2. The summed E-state index contributed by atoms with van der Waals surface area (Å²) < 4.78 is 0.915. The maximum Gasteiger partial charge on any atom is 0.267 e. The number of anilines is 2. The second kappa shape index (κ2) is 5.75. The molecular formula is C15H13N3OS2. The van der Waals surface area contributed by atoms with Crippen LogP contribution in [0, 0.1) is 0 Å². The highest BCUT2D eigenvalue weighted by Gasteiger charge is 2.16. The van der Waals surface area contributed by atoms with Gasteiger partial charge in [-0.1, -0.05) is 6.07 Å². The maximum atomic E-state index is 12.4. The van der Waals surface area contributed by atoms with Gasteiger partial charge in [0, 0.05) is 28.4 Å². The number of carbonyl (C=O) groups is 1. The van der Waals surface area contributed by atoms with Crippen molar-refractivity contribution in [2.24, 2.45) is 0 Å². The van der Waals surface area contributed by atoms with Gasteiger partial charge >= 0.3 is 0 Å². The molecular weight excluding hydrogens is 302 g/mol. The molecule has 3 N–H and O–H groups in total. The third-order valence-corrected chi connectivity index (χ3v) is 4.95. The van der Waals surface area contributed by atoms with Crippen LogP contribution >= 0.6 is 23.1 Å². The van der Waals surface area contributed by atoms with E-state index in [0.717, 1.165) is 20.7 Å². The predicted octanol–water partition coefficient (Wildman–Crippen LogP) is 3.85. The van der Waals surface area contributed by atoms with Crippen LogP contribution in [0.1, 0.15) is 9.67 Å². The first kappa shape index (κ1) is 13.9. The van der Waals surface area contributed by atoms with Crippen molar-refractivity contribution < 1.29 is 4.79 Å². The van der Waals surface area contributed by atoms with Crippen LogP contribution < -0.4 is 11.1 Å². The van der Waals surface area contributed by atoms with Crippen LogP contribution in [0.2, 0.25) is 0 Å². The number of nitrogen functional groups attached to an aromatic ring is 1. The number of benzene rings is 1. The Kier molecular flexibility index (Phi) is 3.81. The van der Waals surface area contributed by atoms with Gasteiger partial charge in [-0.2, -0.15) is 0 Å². The number of rotatable bonds is 3. The van der Waals surface area contributed by atoms with Gasteiger partial charge in [-0.15, -0.1) is 23.1 Å². The molecule has 1 aromatic carbocycles. The van der Waals surface area contributed by atoms with E-state index < -0.39 is 0 Å². The third kappa shape index (κ3) is 2.72. The number of nitrogens with two attached hydrogens (primary N) is 1. The molecule has 4 nitrogen and oxygen atoms in total. The van der Waals surface area contributed by atoms with Crippen molar-refractivity contribution in [3.63, 3.8) is 0 Å².